The fourth-order valence-corrected chi connectivity index (χ4v) is 2.60. The van der Waals surface area contributed by atoms with Crippen LogP contribution in [0.4, 0.5) is 0 Å². The maximum atomic E-state index is 12.6. The summed E-state index contributed by atoms with van der Waals surface area (Å²) in [6, 6.07) is 16.9. The highest BCUT2D eigenvalue weighted by molar-refractivity contribution is 5.96. The normalized spacial score (nSPS) is 10.1. The minimum absolute atomic E-state index is 0.0399. The van der Waals surface area contributed by atoms with Crippen LogP contribution in [0.2, 0.25) is 0 Å². The Morgan fingerprint density at radius 1 is 0.655 bits per heavy atom. The SMILES string of the molecule is COc1ccccc1C(=O)Oc1ccc(O)cc1OC(=O)c1ccccc1OC. The van der Waals surface area contributed by atoms with Gasteiger partial charge in [-0.3, -0.25) is 0 Å². The molecule has 7 nitrogen and oxygen atoms in total. The van der Waals surface area contributed by atoms with Gasteiger partial charge in [-0.1, -0.05) is 24.3 Å². The number of aromatic hydroxyl groups is 1. The zero-order valence-corrected chi connectivity index (χ0v) is 15.7. The third kappa shape index (κ3) is 4.47. The third-order valence-electron chi connectivity index (χ3n) is 3.99. The molecule has 0 aromatic heterocycles. The molecule has 0 aliphatic heterocycles. The molecule has 0 saturated heterocycles. The van der Waals surface area contributed by atoms with E-state index in [4.69, 9.17) is 18.9 Å². The molecule has 3 rings (SSSR count). The van der Waals surface area contributed by atoms with Gasteiger partial charge in [0, 0.05) is 6.07 Å². The first-order valence-corrected chi connectivity index (χ1v) is 8.57. The van der Waals surface area contributed by atoms with Gasteiger partial charge in [0.05, 0.1) is 14.2 Å². The fraction of sp³-hybridized carbons (Fsp3) is 0.0909. The largest absolute Gasteiger partial charge is 0.508 e. The molecule has 3 aromatic rings. The van der Waals surface area contributed by atoms with Gasteiger partial charge >= 0.3 is 11.9 Å². The van der Waals surface area contributed by atoms with Crippen LogP contribution in [0, 0.1) is 0 Å². The molecule has 0 unspecified atom stereocenters. The Hall–Kier alpha value is -4.00. The van der Waals surface area contributed by atoms with Gasteiger partial charge in [0.1, 0.15) is 28.4 Å². The van der Waals surface area contributed by atoms with Gasteiger partial charge in [-0.2, -0.15) is 0 Å². The van der Waals surface area contributed by atoms with E-state index in [0.717, 1.165) is 0 Å². The molecule has 148 valence electrons. The summed E-state index contributed by atoms with van der Waals surface area (Å²) in [6.07, 6.45) is 0. The van der Waals surface area contributed by atoms with Crippen LogP contribution < -0.4 is 18.9 Å². The number of benzene rings is 3. The summed E-state index contributed by atoms with van der Waals surface area (Å²) < 4.78 is 21.1. The first kappa shape index (κ1) is 19.8. The molecule has 0 aliphatic carbocycles. The lowest BCUT2D eigenvalue weighted by Crippen LogP contribution is -2.14. The first-order chi connectivity index (χ1) is 14.0. The topological polar surface area (TPSA) is 91.3 Å². The van der Waals surface area contributed by atoms with Crippen molar-refractivity contribution in [2.24, 2.45) is 0 Å². The van der Waals surface area contributed by atoms with E-state index in [0.29, 0.717) is 11.5 Å². The lowest BCUT2D eigenvalue weighted by atomic mass is 10.2. The maximum absolute atomic E-state index is 12.6. The Morgan fingerprint density at radius 3 is 1.66 bits per heavy atom. The van der Waals surface area contributed by atoms with E-state index in [2.05, 4.69) is 0 Å². The van der Waals surface area contributed by atoms with Gasteiger partial charge < -0.3 is 24.1 Å². The number of ether oxygens (including phenoxy) is 4. The second-order valence-corrected chi connectivity index (χ2v) is 5.81. The molecule has 0 heterocycles. The molecule has 0 bridgehead atoms. The van der Waals surface area contributed by atoms with Crippen LogP contribution in [0.1, 0.15) is 20.7 Å². The van der Waals surface area contributed by atoms with Crippen LogP contribution in [0.5, 0.6) is 28.7 Å². The summed E-state index contributed by atoms with van der Waals surface area (Å²) in [5.41, 5.74) is 0.380. The number of methoxy groups -OCH3 is 2. The van der Waals surface area contributed by atoms with Gasteiger partial charge in [0.15, 0.2) is 11.5 Å². The molecule has 0 aliphatic rings. The number of phenols is 1. The van der Waals surface area contributed by atoms with E-state index in [1.54, 1.807) is 42.5 Å². The van der Waals surface area contributed by atoms with Crippen molar-refractivity contribution in [3.63, 3.8) is 0 Å². The predicted octanol–water partition coefficient (Wildman–Crippen LogP) is 3.85. The van der Waals surface area contributed by atoms with E-state index in [9.17, 15) is 14.7 Å². The zero-order valence-electron chi connectivity index (χ0n) is 15.7. The Bertz CT molecular complexity index is 1040. The molecule has 0 fully saturated rings. The minimum Gasteiger partial charge on any atom is -0.508 e. The van der Waals surface area contributed by atoms with Crippen LogP contribution in [-0.2, 0) is 0 Å². The van der Waals surface area contributed by atoms with Gasteiger partial charge in [-0.15, -0.1) is 0 Å². The van der Waals surface area contributed by atoms with E-state index in [-0.39, 0.29) is 28.4 Å². The Morgan fingerprint density at radius 2 is 1.14 bits per heavy atom. The molecule has 0 saturated carbocycles. The van der Waals surface area contributed by atoms with Crippen LogP contribution in [0.25, 0.3) is 0 Å². The summed E-state index contributed by atoms with van der Waals surface area (Å²) in [5, 5.41) is 9.78. The summed E-state index contributed by atoms with van der Waals surface area (Å²) in [5.74, 6) is -1.10. The number of para-hydroxylation sites is 2. The highest BCUT2D eigenvalue weighted by atomic mass is 16.6. The Kier molecular flexibility index (Phi) is 5.99. The quantitative estimate of drug-likeness (QED) is 0.502. The summed E-state index contributed by atoms with van der Waals surface area (Å²) in [6.45, 7) is 0. The molecule has 0 amide bonds. The Labute approximate surface area is 167 Å². The number of esters is 2. The molecule has 0 spiro atoms. The monoisotopic (exact) mass is 394 g/mol. The highest BCUT2D eigenvalue weighted by Crippen LogP contribution is 2.33. The zero-order chi connectivity index (χ0) is 20.8. The summed E-state index contributed by atoms with van der Waals surface area (Å²) >= 11 is 0. The standard InChI is InChI=1S/C22H18O7/c1-26-17-9-5-3-7-15(17)21(24)28-19-12-11-14(23)13-20(19)29-22(25)16-8-4-6-10-18(16)27-2/h3-13,23H,1-2H3. The molecule has 3 aromatic carbocycles. The van der Waals surface area contributed by atoms with Gasteiger partial charge in [0.25, 0.3) is 0 Å². The van der Waals surface area contributed by atoms with E-state index in [1.165, 1.54) is 38.5 Å². The van der Waals surface area contributed by atoms with E-state index < -0.39 is 11.9 Å². The number of hydrogen-bond acceptors (Lipinski definition) is 7. The van der Waals surface area contributed by atoms with Crippen molar-refractivity contribution in [2.45, 2.75) is 0 Å². The lowest BCUT2D eigenvalue weighted by molar-refractivity contribution is 0.0678. The number of carbonyl (C=O) groups is 2. The van der Waals surface area contributed by atoms with Crippen LogP contribution >= 0.6 is 0 Å². The van der Waals surface area contributed by atoms with Crippen molar-refractivity contribution in [2.75, 3.05) is 14.2 Å². The molecule has 0 radical (unpaired) electrons. The lowest BCUT2D eigenvalue weighted by Gasteiger charge is -2.13. The second-order valence-electron chi connectivity index (χ2n) is 5.81. The highest BCUT2D eigenvalue weighted by Gasteiger charge is 2.20. The fourth-order valence-electron chi connectivity index (χ4n) is 2.60. The van der Waals surface area contributed by atoms with Crippen molar-refractivity contribution in [1.82, 2.24) is 0 Å². The average molecular weight is 394 g/mol. The second kappa shape index (κ2) is 8.79. The van der Waals surface area contributed by atoms with Crippen LogP contribution in [0.3, 0.4) is 0 Å². The molecule has 1 N–H and O–H groups in total. The molecular weight excluding hydrogens is 376 g/mol. The Balaban J connectivity index is 1.88. The number of phenolic OH excluding ortho intramolecular Hbond substituents is 1. The number of rotatable bonds is 6. The van der Waals surface area contributed by atoms with Crippen molar-refractivity contribution in [3.8, 4) is 28.7 Å². The van der Waals surface area contributed by atoms with E-state index in [1.807, 2.05) is 0 Å². The van der Waals surface area contributed by atoms with Crippen molar-refractivity contribution in [3.05, 3.63) is 77.9 Å². The van der Waals surface area contributed by atoms with Gasteiger partial charge in [0.2, 0.25) is 0 Å². The molecular formula is C22H18O7. The average Bonchev–Trinajstić information content (AvgIpc) is 2.75. The van der Waals surface area contributed by atoms with Gasteiger partial charge in [-0.05, 0) is 36.4 Å². The summed E-state index contributed by atoms with van der Waals surface area (Å²) in [4.78, 5) is 25.1. The molecule has 0 atom stereocenters. The predicted molar refractivity (Wildman–Crippen MR) is 104 cm³/mol. The smallest absolute Gasteiger partial charge is 0.347 e. The molecule has 7 heteroatoms. The summed E-state index contributed by atoms with van der Waals surface area (Å²) in [7, 11) is 2.87. The van der Waals surface area contributed by atoms with Crippen molar-refractivity contribution in [1.29, 1.82) is 0 Å². The van der Waals surface area contributed by atoms with Crippen LogP contribution in [0.15, 0.2) is 66.7 Å². The molecule has 29 heavy (non-hydrogen) atoms. The maximum Gasteiger partial charge on any atom is 0.347 e. The van der Waals surface area contributed by atoms with E-state index >= 15 is 0 Å². The van der Waals surface area contributed by atoms with Gasteiger partial charge in [-0.25, -0.2) is 9.59 Å². The van der Waals surface area contributed by atoms with Crippen LogP contribution in [-0.4, -0.2) is 31.3 Å². The van der Waals surface area contributed by atoms with Crippen molar-refractivity contribution < 1.29 is 33.6 Å². The first-order valence-electron chi connectivity index (χ1n) is 8.57. The third-order valence-corrected chi connectivity index (χ3v) is 3.99. The number of carbonyl (C=O) groups excluding carboxylic acids is 2. The number of hydrogen-bond donors (Lipinski definition) is 1. The van der Waals surface area contributed by atoms with Crippen molar-refractivity contribution >= 4 is 11.9 Å². The minimum atomic E-state index is -0.734.